The lowest BCUT2D eigenvalue weighted by atomic mass is 10.0. The Bertz CT molecular complexity index is 188. The predicted octanol–water partition coefficient (Wildman–Crippen LogP) is 4.01. The number of unbranched alkanes of at least 4 members (excludes halogenated alkanes) is 3. The Morgan fingerprint density at radius 3 is 2.25 bits per heavy atom. The molecule has 96 valence electrons. The summed E-state index contributed by atoms with van der Waals surface area (Å²) in [6, 6.07) is 0. The van der Waals surface area contributed by atoms with Crippen molar-refractivity contribution in [1.29, 1.82) is 0 Å². The van der Waals surface area contributed by atoms with Crippen LogP contribution in [0.15, 0.2) is 0 Å². The van der Waals surface area contributed by atoms with Gasteiger partial charge in [-0.15, -0.1) is 0 Å². The molecule has 0 unspecified atom stereocenters. The SMILES string of the molecule is CCCCCC(=O)OOC(C)(C)CCCC. The molecule has 0 spiro atoms. The molecule has 0 N–H and O–H groups in total. The van der Waals surface area contributed by atoms with Gasteiger partial charge in [0.05, 0.1) is 0 Å². The van der Waals surface area contributed by atoms with E-state index >= 15 is 0 Å². The summed E-state index contributed by atoms with van der Waals surface area (Å²) in [7, 11) is 0. The third kappa shape index (κ3) is 8.72. The first kappa shape index (κ1) is 15.4. The second-order valence-electron chi connectivity index (χ2n) is 4.86. The van der Waals surface area contributed by atoms with Gasteiger partial charge in [-0.2, -0.15) is 4.89 Å². The van der Waals surface area contributed by atoms with Crippen molar-refractivity contribution in [3.63, 3.8) is 0 Å². The Morgan fingerprint density at radius 2 is 1.69 bits per heavy atom. The van der Waals surface area contributed by atoms with Gasteiger partial charge in [0, 0.05) is 6.42 Å². The number of carbonyl (C=O) groups excluding carboxylic acids is 1. The summed E-state index contributed by atoms with van der Waals surface area (Å²) in [4.78, 5) is 21.3. The van der Waals surface area contributed by atoms with Gasteiger partial charge in [0.2, 0.25) is 0 Å². The van der Waals surface area contributed by atoms with E-state index < -0.39 is 0 Å². The highest BCUT2D eigenvalue weighted by atomic mass is 17.2. The van der Waals surface area contributed by atoms with Crippen molar-refractivity contribution in [1.82, 2.24) is 0 Å². The molecule has 0 bridgehead atoms. The van der Waals surface area contributed by atoms with Crippen LogP contribution in [0.3, 0.4) is 0 Å². The maximum absolute atomic E-state index is 11.3. The van der Waals surface area contributed by atoms with E-state index in [1.807, 2.05) is 13.8 Å². The van der Waals surface area contributed by atoms with Crippen molar-refractivity contribution in [3.8, 4) is 0 Å². The molecule has 0 aromatic heterocycles. The number of rotatable bonds is 9. The first-order valence-corrected chi connectivity index (χ1v) is 6.40. The summed E-state index contributed by atoms with van der Waals surface area (Å²) in [5.74, 6) is -0.252. The Kier molecular flexibility index (Phi) is 8.26. The van der Waals surface area contributed by atoms with Crippen molar-refractivity contribution in [2.45, 2.75) is 78.2 Å². The summed E-state index contributed by atoms with van der Waals surface area (Å²) < 4.78 is 0. The van der Waals surface area contributed by atoms with E-state index in [0.717, 1.165) is 38.5 Å². The van der Waals surface area contributed by atoms with Crippen LogP contribution in [0.1, 0.15) is 72.6 Å². The molecular weight excluding hydrogens is 204 g/mol. The molecule has 0 radical (unpaired) electrons. The molecule has 3 heteroatoms. The molecule has 0 aliphatic heterocycles. The van der Waals surface area contributed by atoms with E-state index in [2.05, 4.69) is 13.8 Å². The average molecular weight is 230 g/mol. The summed E-state index contributed by atoms with van der Waals surface area (Å²) in [6.07, 6.45) is 6.62. The van der Waals surface area contributed by atoms with Gasteiger partial charge < -0.3 is 0 Å². The van der Waals surface area contributed by atoms with Gasteiger partial charge >= 0.3 is 5.97 Å². The number of hydrogen-bond acceptors (Lipinski definition) is 3. The highest BCUT2D eigenvalue weighted by molar-refractivity contribution is 5.68. The average Bonchev–Trinajstić information content (AvgIpc) is 2.24. The molecule has 0 heterocycles. The first-order valence-electron chi connectivity index (χ1n) is 6.40. The second-order valence-corrected chi connectivity index (χ2v) is 4.86. The monoisotopic (exact) mass is 230 g/mol. The summed E-state index contributed by atoms with van der Waals surface area (Å²) in [5.41, 5.74) is -0.365. The summed E-state index contributed by atoms with van der Waals surface area (Å²) in [5, 5.41) is 0. The zero-order valence-electron chi connectivity index (χ0n) is 11.2. The van der Waals surface area contributed by atoms with Crippen molar-refractivity contribution in [2.24, 2.45) is 0 Å². The van der Waals surface area contributed by atoms with Gasteiger partial charge in [-0.3, -0.25) is 4.89 Å². The fourth-order valence-electron chi connectivity index (χ4n) is 1.36. The van der Waals surface area contributed by atoms with Gasteiger partial charge in [0.15, 0.2) is 0 Å². The molecule has 0 amide bonds. The Hall–Kier alpha value is -0.570. The molecule has 0 saturated heterocycles. The fourth-order valence-corrected chi connectivity index (χ4v) is 1.36. The molecule has 0 aliphatic rings. The smallest absolute Gasteiger partial charge is 0.298 e. The lowest BCUT2D eigenvalue weighted by molar-refractivity contribution is -0.326. The summed E-state index contributed by atoms with van der Waals surface area (Å²) in [6.45, 7) is 8.13. The van der Waals surface area contributed by atoms with Gasteiger partial charge in [0.1, 0.15) is 5.60 Å². The third-order valence-electron chi connectivity index (χ3n) is 2.48. The maximum atomic E-state index is 11.3. The minimum absolute atomic E-state index is 0.252. The van der Waals surface area contributed by atoms with E-state index in [4.69, 9.17) is 9.78 Å². The van der Waals surface area contributed by atoms with E-state index in [1.54, 1.807) is 0 Å². The Labute approximate surface area is 99.4 Å². The topological polar surface area (TPSA) is 35.5 Å². The first-order chi connectivity index (χ1) is 7.52. The fraction of sp³-hybridized carbons (Fsp3) is 0.923. The molecule has 0 aromatic rings. The minimum Gasteiger partial charge on any atom is -0.298 e. The van der Waals surface area contributed by atoms with Crippen LogP contribution < -0.4 is 0 Å². The maximum Gasteiger partial charge on any atom is 0.342 e. The highest BCUT2D eigenvalue weighted by Crippen LogP contribution is 2.18. The highest BCUT2D eigenvalue weighted by Gasteiger charge is 2.21. The van der Waals surface area contributed by atoms with Crippen LogP contribution in [0.2, 0.25) is 0 Å². The third-order valence-corrected chi connectivity index (χ3v) is 2.48. The second kappa shape index (κ2) is 8.57. The van der Waals surface area contributed by atoms with Crippen LogP contribution in [0, 0.1) is 0 Å². The molecular formula is C13H26O3. The van der Waals surface area contributed by atoms with Gasteiger partial charge in [0.25, 0.3) is 0 Å². The zero-order chi connectivity index (χ0) is 12.4. The van der Waals surface area contributed by atoms with Crippen LogP contribution in [-0.4, -0.2) is 11.6 Å². The van der Waals surface area contributed by atoms with Crippen molar-refractivity contribution in [2.75, 3.05) is 0 Å². The number of hydrogen-bond donors (Lipinski definition) is 0. The number of carbonyl (C=O) groups is 1. The standard InChI is InChI=1S/C13H26O3/c1-5-7-9-10-12(14)15-16-13(3,4)11-8-6-2/h5-11H2,1-4H3. The predicted molar refractivity (Wildman–Crippen MR) is 64.9 cm³/mol. The van der Waals surface area contributed by atoms with Crippen molar-refractivity contribution < 1.29 is 14.6 Å². The van der Waals surface area contributed by atoms with Crippen LogP contribution in [0.25, 0.3) is 0 Å². The van der Waals surface area contributed by atoms with E-state index in [-0.39, 0.29) is 11.6 Å². The van der Waals surface area contributed by atoms with Gasteiger partial charge in [-0.1, -0.05) is 39.5 Å². The lowest BCUT2D eigenvalue weighted by Crippen LogP contribution is -2.26. The molecule has 3 nitrogen and oxygen atoms in total. The normalized spacial score (nSPS) is 11.5. The van der Waals surface area contributed by atoms with E-state index in [0.29, 0.717) is 6.42 Å². The Morgan fingerprint density at radius 1 is 1.06 bits per heavy atom. The molecule has 0 aliphatic carbocycles. The molecule has 0 aromatic carbocycles. The lowest BCUT2D eigenvalue weighted by Gasteiger charge is -2.22. The largest absolute Gasteiger partial charge is 0.342 e. The summed E-state index contributed by atoms with van der Waals surface area (Å²) >= 11 is 0. The van der Waals surface area contributed by atoms with Crippen LogP contribution in [0.4, 0.5) is 0 Å². The minimum atomic E-state index is -0.365. The van der Waals surface area contributed by atoms with Crippen molar-refractivity contribution >= 4 is 5.97 Å². The molecule has 0 saturated carbocycles. The zero-order valence-corrected chi connectivity index (χ0v) is 11.2. The van der Waals surface area contributed by atoms with Crippen LogP contribution in [0.5, 0.6) is 0 Å². The quantitative estimate of drug-likeness (QED) is 0.341. The molecule has 0 atom stereocenters. The Balaban J connectivity index is 3.64. The molecule has 0 fully saturated rings. The van der Waals surface area contributed by atoms with Gasteiger partial charge in [-0.05, 0) is 26.7 Å². The molecule has 16 heavy (non-hydrogen) atoms. The van der Waals surface area contributed by atoms with Gasteiger partial charge in [-0.25, -0.2) is 4.79 Å². The molecule has 0 rings (SSSR count). The van der Waals surface area contributed by atoms with Crippen LogP contribution >= 0.6 is 0 Å². The van der Waals surface area contributed by atoms with Crippen LogP contribution in [-0.2, 0) is 14.6 Å². The van der Waals surface area contributed by atoms with E-state index in [9.17, 15) is 4.79 Å². The van der Waals surface area contributed by atoms with Crippen molar-refractivity contribution in [3.05, 3.63) is 0 Å². The van der Waals surface area contributed by atoms with E-state index in [1.165, 1.54) is 0 Å².